The summed E-state index contributed by atoms with van der Waals surface area (Å²) in [5.74, 6) is 1.81. The fourth-order valence-electron chi connectivity index (χ4n) is 2.92. The zero-order chi connectivity index (χ0) is 11.6. The van der Waals surface area contributed by atoms with Crippen LogP contribution in [0.1, 0.15) is 64.6 Å². The predicted octanol–water partition coefficient (Wildman–Crippen LogP) is 3.37. The Balaban J connectivity index is 2.24. The minimum absolute atomic E-state index is 0.386. The van der Waals surface area contributed by atoms with Gasteiger partial charge in [0.15, 0.2) is 0 Å². The van der Waals surface area contributed by atoms with Gasteiger partial charge in [-0.1, -0.05) is 33.6 Å². The fourth-order valence-corrected chi connectivity index (χ4v) is 2.92. The molecule has 1 aliphatic carbocycles. The Hall–Kier alpha value is -0.860. The number of hydrogen-bond acceptors (Lipinski definition) is 2. The van der Waals surface area contributed by atoms with Gasteiger partial charge in [-0.05, 0) is 24.7 Å². The second kappa shape index (κ2) is 4.56. The van der Waals surface area contributed by atoms with Gasteiger partial charge in [-0.15, -0.1) is 10.2 Å². The highest BCUT2D eigenvalue weighted by Crippen LogP contribution is 2.45. The van der Waals surface area contributed by atoms with E-state index in [4.69, 9.17) is 0 Å². The van der Waals surface area contributed by atoms with Crippen molar-refractivity contribution in [2.75, 3.05) is 0 Å². The van der Waals surface area contributed by atoms with Crippen LogP contribution in [0.2, 0.25) is 0 Å². The first-order chi connectivity index (χ1) is 7.65. The lowest BCUT2D eigenvalue weighted by Gasteiger charge is -2.38. The zero-order valence-corrected chi connectivity index (χ0v) is 10.7. The molecule has 1 saturated carbocycles. The molecule has 1 fully saturated rings. The number of aromatic nitrogens is 3. The maximum atomic E-state index is 4.37. The van der Waals surface area contributed by atoms with Gasteiger partial charge in [0.25, 0.3) is 0 Å². The Morgan fingerprint density at radius 1 is 1.44 bits per heavy atom. The van der Waals surface area contributed by atoms with Crippen molar-refractivity contribution in [2.24, 2.45) is 5.41 Å². The summed E-state index contributed by atoms with van der Waals surface area (Å²) in [4.78, 5) is 0. The van der Waals surface area contributed by atoms with Crippen LogP contribution in [0, 0.1) is 5.41 Å². The van der Waals surface area contributed by atoms with Crippen LogP contribution in [0.25, 0.3) is 0 Å². The average molecular weight is 221 g/mol. The van der Waals surface area contributed by atoms with Crippen LogP contribution in [0.4, 0.5) is 0 Å². The quantitative estimate of drug-likeness (QED) is 0.783. The molecule has 1 aromatic rings. The van der Waals surface area contributed by atoms with Gasteiger partial charge in [0.2, 0.25) is 0 Å². The van der Waals surface area contributed by atoms with Gasteiger partial charge in [0, 0.05) is 12.5 Å². The highest BCUT2D eigenvalue weighted by atomic mass is 15.3. The highest BCUT2D eigenvalue weighted by Gasteiger charge is 2.36. The largest absolute Gasteiger partial charge is 0.317 e. The van der Waals surface area contributed by atoms with E-state index in [9.17, 15) is 0 Å². The Labute approximate surface area is 98.3 Å². The Morgan fingerprint density at radius 2 is 2.25 bits per heavy atom. The number of nitrogens with zero attached hydrogens (tertiary/aromatic N) is 3. The summed E-state index contributed by atoms with van der Waals surface area (Å²) in [6.07, 6.45) is 8.34. The molecule has 1 aromatic heterocycles. The first-order valence-electron chi connectivity index (χ1n) is 6.53. The fraction of sp³-hybridized carbons (Fsp3) is 0.846. The van der Waals surface area contributed by atoms with Crippen LogP contribution in [0.15, 0.2) is 6.33 Å². The van der Waals surface area contributed by atoms with Crippen LogP contribution in [0.3, 0.4) is 0 Å². The third kappa shape index (κ3) is 2.13. The van der Waals surface area contributed by atoms with Crippen LogP contribution in [-0.4, -0.2) is 14.8 Å². The molecule has 1 heterocycles. The minimum atomic E-state index is 0.386. The molecule has 0 saturated heterocycles. The molecule has 16 heavy (non-hydrogen) atoms. The Morgan fingerprint density at radius 3 is 2.94 bits per heavy atom. The standard InChI is InChI=1S/C13H23N3/c1-4-9-16-10-14-15-12(16)11-7-5-6-8-13(11,2)3/h10-11H,4-9H2,1-3H3. The van der Waals surface area contributed by atoms with Crippen molar-refractivity contribution >= 4 is 0 Å². The van der Waals surface area contributed by atoms with Gasteiger partial charge < -0.3 is 4.57 Å². The summed E-state index contributed by atoms with van der Waals surface area (Å²) in [5.41, 5.74) is 0.386. The maximum Gasteiger partial charge on any atom is 0.136 e. The first-order valence-corrected chi connectivity index (χ1v) is 6.53. The highest BCUT2D eigenvalue weighted by molar-refractivity contribution is 5.04. The lowest BCUT2D eigenvalue weighted by molar-refractivity contribution is 0.188. The average Bonchev–Trinajstić information content (AvgIpc) is 2.66. The predicted molar refractivity (Wildman–Crippen MR) is 65.3 cm³/mol. The molecular formula is C13H23N3. The molecule has 0 bridgehead atoms. The van der Waals surface area contributed by atoms with Gasteiger partial charge in [-0.25, -0.2) is 0 Å². The summed E-state index contributed by atoms with van der Waals surface area (Å²) < 4.78 is 2.25. The number of aryl methyl sites for hydroxylation is 1. The van der Waals surface area contributed by atoms with E-state index in [1.807, 2.05) is 6.33 Å². The Kier molecular flexibility index (Phi) is 3.31. The number of hydrogen-bond donors (Lipinski definition) is 0. The van der Waals surface area contributed by atoms with Gasteiger partial charge in [-0.3, -0.25) is 0 Å². The van der Waals surface area contributed by atoms with Gasteiger partial charge in [-0.2, -0.15) is 0 Å². The van der Waals surface area contributed by atoms with Gasteiger partial charge in [0.1, 0.15) is 12.2 Å². The zero-order valence-electron chi connectivity index (χ0n) is 10.7. The third-order valence-electron chi connectivity index (χ3n) is 3.93. The molecule has 3 nitrogen and oxygen atoms in total. The molecule has 2 rings (SSSR count). The smallest absolute Gasteiger partial charge is 0.136 e. The van der Waals surface area contributed by atoms with Crippen molar-refractivity contribution in [3.05, 3.63) is 12.2 Å². The Bertz CT molecular complexity index is 341. The second-order valence-electron chi connectivity index (χ2n) is 5.67. The molecule has 0 amide bonds. The van der Waals surface area contributed by atoms with Crippen molar-refractivity contribution in [1.82, 2.24) is 14.8 Å². The van der Waals surface area contributed by atoms with E-state index in [-0.39, 0.29) is 0 Å². The van der Waals surface area contributed by atoms with Gasteiger partial charge in [0.05, 0.1) is 0 Å². The van der Waals surface area contributed by atoms with E-state index in [2.05, 4.69) is 35.5 Å². The first kappa shape index (κ1) is 11.6. The summed E-state index contributed by atoms with van der Waals surface area (Å²) in [5, 5.41) is 8.46. The van der Waals surface area contributed by atoms with E-state index in [0.717, 1.165) is 13.0 Å². The van der Waals surface area contributed by atoms with Crippen LogP contribution in [-0.2, 0) is 6.54 Å². The minimum Gasteiger partial charge on any atom is -0.317 e. The van der Waals surface area contributed by atoms with Crippen LogP contribution >= 0.6 is 0 Å². The van der Waals surface area contributed by atoms with Crippen molar-refractivity contribution in [2.45, 2.75) is 65.3 Å². The summed E-state index contributed by atoms with van der Waals surface area (Å²) >= 11 is 0. The second-order valence-corrected chi connectivity index (χ2v) is 5.67. The van der Waals surface area contributed by atoms with E-state index < -0.39 is 0 Å². The van der Waals surface area contributed by atoms with E-state index in [1.165, 1.54) is 31.5 Å². The monoisotopic (exact) mass is 221 g/mol. The van der Waals surface area contributed by atoms with Crippen molar-refractivity contribution in [3.8, 4) is 0 Å². The summed E-state index contributed by atoms with van der Waals surface area (Å²) in [7, 11) is 0. The van der Waals surface area contributed by atoms with Crippen LogP contribution < -0.4 is 0 Å². The molecule has 0 N–H and O–H groups in total. The van der Waals surface area contributed by atoms with E-state index in [1.54, 1.807) is 0 Å². The number of rotatable bonds is 3. The SMILES string of the molecule is CCCn1cnnc1C1CCCCC1(C)C. The van der Waals surface area contributed by atoms with Crippen molar-refractivity contribution in [1.29, 1.82) is 0 Å². The topological polar surface area (TPSA) is 30.7 Å². The summed E-state index contributed by atoms with van der Waals surface area (Å²) in [6.45, 7) is 8.01. The molecule has 3 heteroatoms. The normalized spacial score (nSPS) is 24.6. The molecule has 90 valence electrons. The molecule has 0 radical (unpaired) electrons. The van der Waals surface area contributed by atoms with Gasteiger partial charge >= 0.3 is 0 Å². The van der Waals surface area contributed by atoms with E-state index in [0.29, 0.717) is 11.3 Å². The molecule has 0 aromatic carbocycles. The third-order valence-corrected chi connectivity index (χ3v) is 3.93. The molecule has 0 aliphatic heterocycles. The molecule has 1 unspecified atom stereocenters. The lowest BCUT2D eigenvalue weighted by atomic mass is 9.68. The molecule has 1 aliphatic rings. The van der Waals surface area contributed by atoms with E-state index >= 15 is 0 Å². The molecule has 1 atom stereocenters. The molecule has 0 spiro atoms. The van der Waals surface area contributed by atoms with Crippen molar-refractivity contribution < 1.29 is 0 Å². The molecular weight excluding hydrogens is 198 g/mol. The van der Waals surface area contributed by atoms with Crippen LogP contribution in [0.5, 0.6) is 0 Å². The lowest BCUT2D eigenvalue weighted by Crippen LogP contribution is -2.28. The maximum absolute atomic E-state index is 4.37. The summed E-state index contributed by atoms with van der Waals surface area (Å²) in [6, 6.07) is 0. The van der Waals surface area contributed by atoms with Crippen molar-refractivity contribution in [3.63, 3.8) is 0 Å².